The summed E-state index contributed by atoms with van der Waals surface area (Å²) >= 11 is 3.27. The van der Waals surface area contributed by atoms with Crippen molar-refractivity contribution in [2.24, 2.45) is 5.84 Å². The van der Waals surface area contributed by atoms with Gasteiger partial charge in [0.15, 0.2) is 5.82 Å². The Morgan fingerprint density at radius 1 is 1.43 bits per heavy atom. The molecule has 0 aliphatic heterocycles. The van der Waals surface area contributed by atoms with Gasteiger partial charge < -0.3 is 10.2 Å². The predicted molar refractivity (Wildman–Crippen MR) is 79.7 cm³/mol. The number of aryl methyl sites for hydroxylation is 1. The van der Waals surface area contributed by atoms with Gasteiger partial charge in [-0.1, -0.05) is 0 Å². The number of anilines is 1. The summed E-state index contributed by atoms with van der Waals surface area (Å²) in [5.74, 6) is 6.54. The highest BCUT2D eigenvalue weighted by Crippen LogP contribution is 2.29. The van der Waals surface area contributed by atoms with Crippen molar-refractivity contribution in [1.29, 1.82) is 0 Å². The average Bonchev–Trinajstić information content (AvgIpc) is 2.45. The summed E-state index contributed by atoms with van der Waals surface area (Å²) in [6.45, 7) is 1.87. The minimum Gasteiger partial charge on any atom is -0.484 e. The van der Waals surface area contributed by atoms with Crippen LogP contribution in [0.1, 0.15) is 11.5 Å². The Kier molecular flexibility index (Phi) is 4.66. The van der Waals surface area contributed by atoms with Crippen LogP contribution < -0.4 is 16.0 Å². The van der Waals surface area contributed by atoms with Crippen molar-refractivity contribution in [2.45, 2.75) is 13.5 Å². The highest BCUT2D eigenvalue weighted by molar-refractivity contribution is 9.10. The SMILES string of the molecule is Cc1cc(NN)nc(COc2cc([N+](=O)[O-])ccc2Br)n1. The molecule has 0 amide bonds. The molecule has 0 aliphatic rings. The predicted octanol–water partition coefficient (Wildman–Crippen LogP) is 2.32. The molecule has 0 aliphatic carbocycles. The van der Waals surface area contributed by atoms with E-state index in [0.29, 0.717) is 21.9 Å². The molecule has 0 fully saturated rings. The fourth-order valence-corrected chi connectivity index (χ4v) is 1.99. The van der Waals surface area contributed by atoms with E-state index >= 15 is 0 Å². The number of hydrogen-bond acceptors (Lipinski definition) is 7. The third-order valence-electron chi connectivity index (χ3n) is 2.53. The summed E-state index contributed by atoms with van der Waals surface area (Å²) in [5, 5.41) is 10.8. The molecular formula is C12H12BrN5O3. The fourth-order valence-electron chi connectivity index (χ4n) is 1.63. The van der Waals surface area contributed by atoms with Crippen LogP contribution in [0, 0.1) is 17.0 Å². The number of hydrazine groups is 1. The summed E-state index contributed by atoms with van der Waals surface area (Å²) in [7, 11) is 0. The minimum atomic E-state index is -0.487. The van der Waals surface area contributed by atoms with E-state index in [9.17, 15) is 10.1 Å². The Balaban J connectivity index is 2.18. The molecule has 0 saturated carbocycles. The normalized spacial score (nSPS) is 10.2. The number of nitrogens with zero attached hydrogens (tertiary/aromatic N) is 3. The quantitative estimate of drug-likeness (QED) is 0.481. The van der Waals surface area contributed by atoms with Gasteiger partial charge in [0.25, 0.3) is 5.69 Å². The molecule has 0 bridgehead atoms. The molecule has 2 rings (SSSR count). The number of rotatable bonds is 5. The Labute approximate surface area is 128 Å². The molecule has 0 saturated heterocycles. The van der Waals surface area contributed by atoms with Gasteiger partial charge in [0.05, 0.1) is 15.5 Å². The maximum absolute atomic E-state index is 10.8. The number of benzene rings is 1. The maximum Gasteiger partial charge on any atom is 0.273 e. The van der Waals surface area contributed by atoms with E-state index in [2.05, 4.69) is 31.3 Å². The number of halogens is 1. The van der Waals surface area contributed by atoms with Crippen molar-refractivity contribution in [3.05, 3.63) is 50.4 Å². The second-order valence-corrected chi connectivity index (χ2v) is 4.97. The van der Waals surface area contributed by atoms with Crippen LogP contribution >= 0.6 is 15.9 Å². The van der Waals surface area contributed by atoms with Crippen LogP contribution in [-0.4, -0.2) is 14.9 Å². The van der Waals surface area contributed by atoms with E-state index in [1.165, 1.54) is 12.1 Å². The number of nitro groups is 1. The van der Waals surface area contributed by atoms with Gasteiger partial charge in [-0.15, -0.1) is 0 Å². The van der Waals surface area contributed by atoms with Gasteiger partial charge in [-0.25, -0.2) is 15.8 Å². The third kappa shape index (κ3) is 3.86. The first-order chi connectivity index (χ1) is 9.99. The zero-order valence-electron chi connectivity index (χ0n) is 11.0. The first kappa shape index (κ1) is 15.1. The van der Waals surface area contributed by atoms with Crippen LogP contribution in [-0.2, 0) is 6.61 Å². The Bertz CT molecular complexity index is 680. The van der Waals surface area contributed by atoms with Gasteiger partial charge in [0.2, 0.25) is 0 Å². The summed E-state index contributed by atoms with van der Waals surface area (Å²) < 4.78 is 6.13. The van der Waals surface area contributed by atoms with Gasteiger partial charge in [-0.3, -0.25) is 10.1 Å². The summed E-state index contributed by atoms with van der Waals surface area (Å²) in [5.41, 5.74) is 3.11. The van der Waals surface area contributed by atoms with Crippen LogP contribution in [0.3, 0.4) is 0 Å². The second-order valence-electron chi connectivity index (χ2n) is 4.12. The van der Waals surface area contributed by atoms with Gasteiger partial charge in [-0.2, -0.15) is 0 Å². The van der Waals surface area contributed by atoms with E-state index in [1.54, 1.807) is 19.1 Å². The molecule has 1 heterocycles. The van der Waals surface area contributed by atoms with Gasteiger partial charge in [0.1, 0.15) is 18.2 Å². The fraction of sp³-hybridized carbons (Fsp3) is 0.167. The molecule has 1 aromatic heterocycles. The van der Waals surface area contributed by atoms with Gasteiger partial charge in [-0.05, 0) is 28.9 Å². The van der Waals surface area contributed by atoms with E-state index in [-0.39, 0.29) is 12.3 Å². The maximum atomic E-state index is 10.8. The number of ether oxygens (including phenoxy) is 1. The lowest BCUT2D eigenvalue weighted by atomic mass is 10.3. The molecule has 0 radical (unpaired) electrons. The number of aromatic nitrogens is 2. The Morgan fingerprint density at radius 3 is 2.86 bits per heavy atom. The van der Waals surface area contributed by atoms with Crippen LogP contribution in [0.25, 0.3) is 0 Å². The van der Waals surface area contributed by atoms with Crippen molar-refractivity contribution in [1.82, 2.24) is 9.97 Å². The first-order valence-corrected chi connectivity index (χ1v) is 6.67. The van der Waals surface area contributed by atoms with E-state index in [1.807, 2.05) is 0 Å². The van der Waals surface area contributed by atoms with E-state index in [0.717, 1.165) is 5.69 Å². The van der Waals surface area contributed by atoms with Crippen LogP contribution in [0.15, 0.2) is 28.7 Å². The first-order valence-electron chi connectivity index (χ1n) is 5.87. The number of nitrogen functional groups attached to an aromatic ring is 1. The van der Waals surface area contributed by atoms with Crippen molar-refractivity contribution >= 4 is 27.4 Å². The third-order valence-corrected chi connectivity index (χ3v) is 3.19. The van der Waals surface area contributed by atoms with Gasteiger partial charge in [0, 0.05) is 17.8 Å². The molecule has 21 heavy (non-hydrogen) atoms. The zero-order chi connectivity index (χ0) is 15.4. The number of hydrogen-bond donors (Lipinski definition) is 2. The van der Waals surface area contributed by atoms with Crippen molar-refractivity contribution in [3.8, 4) is 5.75 Å². The monoisotopic (exact) mass is 353 g/mol. The van der Waals surface area contributed by atoms with Crippen LogP contribution in [0.2, 0.25) is 0 Å². The van der Waals surface area contributed by atoms with Gasteiger partial charge >= 0.3 is 0 Å². The van der Waals surface area contributed by atoms with E-state index in [4.69, 9.17) is 10.6 Å². The number of nitrogens with two attached hydrogens (primary N) is 1. The Morgan fingerprint density at radius 2 is 2.19 bits per heavy atom. The van der Waals surface area contributed by atoms with Crippen molar-refractivity contribution in [3.63, 3.8) is 0 Å². The standard InChI is InChI=1S/C12H12BrN5O3/c1-7-4-11(17-14)16-12(15-7)6-21-10-5-8(18(19)20)2-3-9(10)13/h2-5H,6,14H2,1H3,(H,15,16,17). The summed E-state index contributed by atoms with van der Waals surface area (Å²) in [6.07, 6.45) is 0. The summed E-state index contributed by atoms with van der Waals surface area (Å²) in [4.78, 5) is 18.6. The average molecular weight is 354 g/mol. The molecule has 9 heteroatoms. The topological polar surface area (TPSA) is 116 Å². The highest BCUT2D eigenvalue weighted by Gasteiger charge is 2.11. The van der Waals surface area contributed by atoms with Crippen LogP contribution in [0.5, 0.6) is 5.75 Å². The zero-order valence-corrected chi connectivity index (χ0v) is 12.6. The largest absolute Gasteiger partial charge is 0.484 e. The molecule has 3 N–H and O–H groups in total. The lowest BCUT2D eigenvalue weighted by Crippen LogP contribution is -2.12. The molecule has 0 spiro atoms. The number of nitrogens with one attached hydrogen (secondary N) is 1. The minimum absolute atomic E-state index is 0.0531. The smallest absolute Gasteiger partial charge is 0.273 e. The van der Waals surface area contributed by atoms with E-state index < -0.39 is 4.92 Å². The Hall–Kier alpha value is -2.26. The molecule has 1 aromatic carbocycles. The highest BCUT2D eigenvalue weighted by atomic mass is 79.9. The molecule has 2 aromatic rings. The molecule has 8 nitrogen and oxygen atoms in total. The lowest BCUT2D eigenvalue weighted by Gasteiger charge is -2.09. The number of nitro benzene ring substituents is 1. The molecular weight excluding hydrogens is 342 g/mol. The second kappa shape index (κ2) is 6.46. The lowest BCUT2D eigenvalue weighted by molar-refractivity contribution is -0.385. The van der Waals surface area contributed by atoms with Crippen molar-refractivity contribution in [2.75, 3.05) is 5.43 Å². The molecule has 0 unspecified atom stereocenters. The summed E-state index contributed by atoms with van der Waals surface area (Å²) in [6, 6.07) is 5.96. The number of non-ortho nitro benzene ring substituents is 1. The molecule has 110 valence electrons. The van der Waals surface area contributed by atoms with Crippen LogP contribution in [0.4, 0.5) is 11.5 Å². The van der Waals surface area contributed by atoms with Crippen molar-refractivity contribution < 1.29 is 9.66 Å². The molecule has 0 atom stereocenters.